The molecule has 3 nitrogen and oxygen atoms in total. The Morgan fingerprint density at radius 1 is 1.47 bits per heavy atom. The van der Waals surface area contributed by atoms with Gasteiger partial charge in [0.1, 0.15) is 5.75 Å². The third-order valence-corrected chi connectivity index (χ3v) is 4.02. The van der Waals surface area contributed by atoms with E-state index in [2.05, 4.69) is 17.9 Å². The predicted molar refractivity (Wildman–Crippen MR) is 82.3 cm³/mol. The Morgan fingerprint density at radius 3 is 2.74 bits per heavy atom. The highest BCUT2D eigenvalue weighted by Gasteiger charge is 2.27. The van der Waals surface area contributed by atoms with Crippen molar-refractivity contribution < 1.29 is 4.74 Å². The highest BCUT2D eigenvalue weighted by molar-refractivity contribution is 6.32. The molecule has 2 rings (SSSR count). The Labute approximate surface area is 126 Å². The summed E-state index contributed by atoms with van der Waals surface area (Å²) in [4.78, 5) is 2.47. The molecule has 1 aromatic carbocycles. The Balaban J connectivity index is 0.00000180. The summed E-state index contributed by atoms with van der Waals surface area (Å²) in [6.07, 6.45) is 1.19. The molecular weight excluding hydrogens is 283 g/mol. The second kappa shape index (κ2) is 7.34. The zero-order valence-electron chi connectivity index (χ0n) is 11.4. The van der Waals surface area contributed by atoms with E-state index in [-0.39, 0.29) is 12.4 Å². The lowest BCUT2D eigenvalue weighted by Crippen LogP contribution is -2.27. The van der Waals surface area contributed by atoms with Crippen LogP contribution in [-0.4, -0.2) is 31.1 Å². The Kier molecular flexibility index (Phi) is 6.40. The zero-order valence-corrected chi connectivity index (χ0v) is 13.0. The first-order valence-corrected chi connectivity index (χ1v) is 6.78. The van der Waals surface area contributed by atoms with Crippen molar-refractivity contribution in [2.45, 2.75) is 25.9 Å². The number of nitrogens with zero attached hydrogens (tertiary/aromatic N) is 1. The molecule has 0 amide bonds. The van der Waals surface area contributed by atoms with E-state index in [1.165, 1.54) is 12.0 Å². The monoisotopic (exact) mass is 304 g/mol. The van der Waals surface area contributed by atoms with Crippen molar-refractivity contribution in [3.8, 4) is 5.75 Å². The summed E-state index contributed by atoms with van der Waals surface area (Å²) >= 11 is 6.14. The number of ether oxygens (including phenoxy) is 1. The van der Waals surface area contributed by atoms with Crippen molar-refractivity contribution in [3.63, 3.8) is 0 Å². The molecule has 1 aliphatic heterocycles. The van der Waals surface area contributed by atoms with Crippen LogP contribution in [0.25, 0.3) is 0 Å². The van der Waals surface area contributed by atoms with Crippen molar-refractivity contribution in [2.75, 3.05) is 20.2 Å². The second-order valence-electron chi connectivity index (χ2n) is 5.08. The first kappa shape index (κ1) is 16.6. The fraction of sp³-hybridized carbons (Fsp3) is 0.571. The Bertz CT molecular complexity index is 414. The summed E-state index contributed by atoms with van der Waals surface area (Å²) in [7, 11) is 1.63. The van der Waals surface area contributed by atoms with Gasteiger partial charge in [0.2, 0.25) is 0 Å². The largest absolute Gasteiger partial charge is 0.495 e. The Morgan fingerprint density at radius 2 is 2.21 bits per heavy atom. The number of nitrogens with two attached hydrogens (primary N) is 1. The summed E-state index contributed by atoms with van der Waals surface area (Å²) in [5.74, 6) is 1.36. The fourth-order valence-corrected chi connectivity index (χ4v) is 2.93. The summed E-state index contributed by atoms with van der Waals surface area (Å²) < 4.78 is 5.16. The van der Waals surface area contributed by atoms with Crippen LogP contribution in [0, 0.1) is 5.92 Å². The van der Waals surface area contributed by atoms with Gasteiger partial charge in [-0.1, -0.05) is 17.7 Å². The molecule has 0 aromatic heterocycles. The molecule has 19 heavy (non-hydrogen) atoms. The number of methoxy groups -OCH3 is 1. The highest BCUT2D eigenvalue weighted by Crippen LogP contribution is 2.28. The number of hydrogen-bond acceptors (Lipinski definition) is 3. The molecule has 0 saturated carbocycles. The third kappa shape index (κ3) is 3.99. The van der Waals surface area contributed by atoms with Gasteiger partial charge in [-0.2, -0.15) is 0 Å². The SMILES string of the molecule is COc1ccc(CN2CC(CN)CC2C)cc1Cl.Cl. The summed E-state index contributed by atoms with van der Waals surface area (Å²) in [5.41, 5.74) is 6.98. The van der Waals surface area contributed by atoms with Gasteiger partial charge in [0.25, 0.3) is 0 Å². The van der Waals surface area contributed by atoms with Gasteiger partial charge >= 0.3 is 0 Å². The quantitative estimate of drug-likeness (QED) is 0.929. The van der Waals surface area contributed by atoms with Crippen LogP contribution in [0.15, 0.2) is 18.2 Å². The molecule has 1 aliphatic rings. The molecular formula is C14H22Cl2N2O. The van der Waals surface area contributed by atoms with Crippen molar-refractivity contribution in [1.82, 2.24) is 4.90 Å². The molecule has 2 N–H and O–H groups in total. The fourth-order valence-electron chi connectivity index (χ4n) is 2.65. The zero-order chi connectivity index (χ0) is 13.1. The van der Waals surface area contributed by atoms with Gasteiger partial charge < -0.3 is 10.5 Å². The van der Waals surface area contributed by atoms with Gasteiger partial charge in [0.05, 0.1) is 12.1 Å². The molecule has 2 unspecified atom stereocenters. The lowest BCUT2D eigenvalue weighted by atomic mass is 10.1. The third-order valence-electron chi connectivity index (χ3n) is 3.73. The predicted octanol–water partition coefficient (Wildman–Crippen LogP) is 2.94. The average Bonchev–Trinajstić information content (AvgIpc) is 2.70. The number of halogens is 2. The van der Waals surface area contributed by atoms with Crippen LogP contribution in [0.2, 0.25) is 5.02 Å². The molecule has 0 bridgehead atoms. The lowest BCUT2D eigenvalue weighted by Gasteiger charge is -2.21. The van der Waals surface area contributed by atoms with Crippen molar-refractivity contribution in [2.24, 2.45) is 11.7 Å². The highest BCUT2D eigenvalue weighted by atomic mass is 35.5. The molecule has 0 aliphatic carbocycles. The van der Waals surface area contributed by atoms with E-state index in [9.17, 15) is 0 Å². The molecule has 108 valence electrons. The van der Waals surface area contributed by atoms with E-state index >= 15 is 0 Å². The van der Waals surface area contributed by atoms with E-state index in [0.717, 1.165) is 25.4 Å². The maximum Gasteiger partial charge on any atom is 0.137 e. The normalized spacial score (nSPS) is 23.2. The van der Waals surface area contributed by atoms with Gasteiger partial charge in [-0.05, 0) is 43.5 Å². The molecule has 0 radical (unpaired) electrons. The van der Waals surface area contributed by atoms with Crippen molar-refractivity contribution in [1.29, 1.82) is 0 Å². The second-order valence-corrected chi connectivity index (χ2v) is 5.49. The van der Waals surface area contributed by atoms with Crippen LogP contribution in [0.4, 0.5) is 0 Å². The van der Waals surface area contributed by atoms with Gasteiger partial charge in [-0.25, -0.2) is 0 Å². The van der Waals surface area contributed by atoms with Crippen LogP contribution in [0.3, 0.4) is 0 Å². The van der Waals surface area contributed by atoms with E-state index in [1.54, 1.807) is 7.11 Å². The molecule has 1 fully saturated rings. The van der Waals surface area contributed by atoms with Gasteiger partial charge in [-0.3, -0.25) is 4.90 Å². The van der Waals surface area contributed by atoms with E-state index in [4.69, 9.17) is 22.1 Å². The average molecular weight is 305 g/mol. The van der Waals surface area contributed by atoms with Crippen LogP contribution < -0.4 is 10.5 Å². The van der Waals surface area contributed by atoms with Crippen molar-refractivity contribution in [3.05, 3.63) is 28.8 Å². The number of rotatable bonds is 4. The van der Waals surface area contributed by atoms with Crippen LogP contribution in [0.5, 0.6) is 5.75 Å². The summed E-state index contributed by atoms with van der Waals surface area (Å²) in [5, 5.41) is 0.678. The van der Waals surface area contributed by atoms with E-state index < -0.39 is 0 Å². The minimum absolute atomic E-state index is 0. The molecule has 1 saturated heterocycles. The topological polar surface area (TPSA) is 38.5 Å². The smallest absolute Gasteiger partial charge is 0.137 e. The van der Waals surface area contributed by atoms with Gasteiger partial charge in [0.15, 0.2) is 0 Å². The summed E-state index contributed by atoms with van der Waals surface area (Å²) in [6.45, 7) is 5.06. The molecule has 5 heteroatoms. The van der Waals surface area contributed by atoms with Crippen LogP contribution in [0.1, 0.15) is 18.9 Å². The minimum Gasteiger partial charge on any atom is -0.495 e. The minimum atomic E-state index is 0. The molecule has 1 heterocycles. The number of hydrogen-bond donors (Lipinski definition) is 1. The first-order valence-electron chi connectivity index (χ1n) is 6.40. The molecule has 1 aromatic rings. The number of likely N-dealkylation sites (tertiary alicyclic amines) is 1. The van der Waals surface area contributed by atoms with E-state index in [1.807, 2.05) is 12.1 Å². The summed E-state index contributed by atoms with van der Waals surface area (Å²) in [6, 6.07) is 6.59. The van der Waals surface area contributed by atoms with Gasteiger partial charge in [-0.15, -0.1) is 12.4 Å². The maximum atomic E-state index is 6.14. The van der Waals surface area contributed by atoms with Crippen molar-refractivity contribution >= 4 is 24.0 Å². The standard InChI is InChI=1S/C14H21ClN2O.ClH/c1-10-5-12(7-16)9-17(10)8-11-3-4-14(18-2)13(15)6-11;/h3-4,6,10,12H,5,7-9,16H2,1-2H3;1H. The lowest BCUT2D eigenvalue weighted by molar-refractivity contribution is 0.256. The van der Waals surface area contributed by atoms with Crippen LogP contribution in [-0.2, 0) is 6.54 Å². The number of benzene rings is 1. The Hall–Kier alpha value is -0.480. The van der Waals surface area contributed by atoms with Gasteiger partial charge in [0, 0.05) is 19.1 Å². The van der Waals surface area contributed by atoms with Crippen LogP contribution >= 0.6 is 24.0 Å². The first-order chi connectivity index (χ1) is 8.63. The molecule has 0 spiro atoms. The maximum absolute atomic E-state index is 6.14. The molecule has 2 atom stereocenters. The van der Waals surface area contributed by atoms with E-state index in [0.29, 0.717) is 17.0 Å².